The van der Waals surface area contributed by atoms with Crippen LogP contribution in [0, 0.1) is 0 Å². The molecule has 1 unspecified atom stereocenters. The van der Waals surface area contributed by atoms with E-state index in [9.17, 15) is 27.9 Å². The van der Waals surface area contributed by atoms with Crippen molar-refractivity contribution >= 4 is 11.8 Å². The van der Waals surface area contributed by atoms with Gasteiger partial charge in [-0.15, -0.1) is 0 Å². The summed E-state index contributed by atoms with van der Waals surface area (Å²) in [6, 6.07) is 4.65. The van der Waals surface area contributed by atoms with Crippen LogP contribution in [-0.4, -0.2) is 47.6 Å². The van der Waals surface area contributed by atoms with E-state index in [0.717, 1.165) is 12.1 Å². The Hall–Kier alpha value is -2.09. The van der Waals surface area contributed by atoms with Gasteiger partial charge in [0.15, 0.2) is 0 Å². The van der Waals surface area contributed by atoms with Crippen molar-refractivity contribution in [1.82, 2.24) is 10.2 Å². The number of nitrogens with zero attached hydrogens (tertiary/aromatic N) is 1. The molecule has 1 aromatic rings. The van der Waals surface area contributed by atoms with Gasteiger partial charge in [0.2, 0.25) is 11.8 Å². The first-order valence-corrected chi connectivity index (χ1v) is 8.00. The number of alkyl halides is 3. The summed E-state index contributed by atoms with van der Waals surface area (Å²) in [5, 5.41) is 12.9. The average Bonchev–Trinajstić information content (AvgIpc) is 2.53. The van der Waals surface area contributed by atoms with E-state index < -0.39 is 17.3 Å². The third-order valence-electron chi connectivity index (χ3n) is 4.29. The van der Waals surface area contributed by atoms with E-state index in [1.165, 1.54) is 24.1 Å². The number of benzene rings is 1. The van der Waals surface area contributed by atoms with E-state index in [-0.39, 0.29) is 36.8 Å². The second-order valence-corrected chi connectivity index (χ2v) is 6.37. The van der Waals surface area contributed by atoms with Gasteiger partial charge in [0.05, 0.1) is 24.0 Å². The highest BCUT2D eigenvalue weighted by Gasteiger charge is 2.37. The molecular weight excluding hydrogens is 337 g/mol. The van der Waals surface area contributed by atoms with Gasteiger partial charge >= 0.3 is 6.18 Å². The molecular formula is C17H21F3N2O3. The molecule has 2 N–H and O–H groups in total. The largest absolute Gasteiger partial charge is 0.416 e. The SMILES string of the molecule is CNC(=O)CC1(O)CCCN(C(=O)Cc2cccc(C(F)(F)F)c2)C1. The number of rotatable bonds is 4. The Labute approximate surface area is 143 Å². The number of likely N-dealkylation sites (tertiary alicyclic amines) is 1. The van der Waals surface area contributed by atoms with E-state index in [1.54, 1.807) is 0 Å². The Balaban J connectivity index is 2.04. The number of carbonyl (C=O) groups is 2. The summed E-state index contributed by atoms with van der Waals surface area (Å²) < 4.78 is 38.3. The minimum absolute atomic E-state index is 0.00177. The Bertz CT molecular complexity index is 648. The molecule has 0 aromatic heterocycles. The van der Waals surface area contributed by atoms with Gasteiger partial charge in [-0.05, 0) is 24.5 Å². The predicted molar refractivity (Wildman–Crippen MR) is 84.6 cm³/mol. The van der Waals surface area contributed by atoms with E-state index in [4.69, 9.17) is 0 Å². The van der Waals surface area contributed by atoms with E-state index in [2.05, 4.69) is 5.32 Å². The first-order chi connectivity index (χ1) is 11.6. The highest BCUT2D eigenvalue weighted by Crippen LogP contribution is 2.30. The summed E-state index contributed by atoms with van der Waals surface area (Å²) in [6.45, 7) is 0.409. The van der Waals surface area contributed by atoms with Crippen LogP contribution in [-0.2, 0) is 22.2 Å². The maximum atomic E-state index is 12.8. The van der Waals surface area contributed by atoms with Crippen molar-refractivity contribution in [3.05, 3.63) is 35.4 Å². The number of aliphatic hydroxyl groups is 1. The minimum atomic E-state index is -4.46. The number of amides is 2. The van der Waals surface area contributed by atoms with Crippen LogP contribution in [0.25, 0.3) is 0 Å². The Morgan fingerprint density at radius 2 is 2.08 bits per heavy atom. The van der Waals surface area contributed by atoms with Crippen LogP contribution in [0.3, 0.4) is 0 Å². The number of hydrogen-bond acceptors (Lipinski definition) is 3. The molecule has 1 fully saturated rings. The van der Waals surface area contributed by atoms with Crippen molar-refractivity contribution in [2.45, 2.75) is 37.5 Å². The van der Waals surface area contributed by atoms with Crippen molar-refractivity contribution in [3.63, 3.8) is 0 Å². The van der Waals surface area contributed by atoms with Crippen molar-refractivity contribution in [3.8, 4) is 0 Å². The lowest BCUT2D eigenvalue weighted by atomic mass is 9.89. The number of nitrogens with one attached hydrogen (secondary N) is 1. The van der Waals surface area contributed by atoms with Crippen LogP contribution >= 0.6 is 0 Å². The first kappa shape index (κ1) is 19.2. The lowest BCUT2D eigenvalue weighted by Gasteiger charge is -2.39. The molecule has 138 valence electrons. The standard InChI is InChI=1S/C17H21F3N2O3/c1-21-14(23)10-16(25)6-3-7-22(11-16)15(24)9-12-4-2-5-13(8-12)17(18,19)20/h2,4-5,8,25H,3,6-7,9-11H2,1H3,(H,21,23). The van der Waals surface area contributed by atoms with Crippen LogP contribution in [0.4, 0.5) is 13.2 Å². The zero-order valence-electron chi connectivity index (χ0n) is 13.9. The number of carbonyl (C=O) groups excluding carboxylic acids is 2. The molecule has 5 nitrogen and oxygen atoms in total. The summed E-state index contributed by atoms with van der Waals surface area (Å²) in [6.07, 6.45) is -3.83. The zero-order chi connectivity index (χ0) is 18.7. The van der Waals surface area contributed by atoms with Crippen LogP contribution < -0.4 is 5.32 Å². The molecule has 0 saturated carbocycles. The van der Waals surface area contributed by atoms with Gasteiger partial charge in [-0.1, -0.05) is 18.2 Å². The normalized spacial score (nSPS) is 21.1. The molecule has 0 bridgehead atoms. The van der Waals surface area contributed by atoms with Gasteiger partial charge in [0.1, 0.15) is 0 Å². The van der Waals surface area contributed by atoms with Gasteiger partial charge in [-0.3, -0.25) is 9.59 Å². The van der Waals surface area contributed by atoms with E-state index >= 15 is 0 Å². The third-order valence-corrected chi connectivity index (χ3v) is 4.29. The van der Waals surface area contributed by atoms with Crippen molar-refractivity contribution in [2.75, 3.05) is 20.1 Å². The number of hydrogen-bond donors (Lipinski definition) is 2. The number of piperidine rings is 1. The van der Waals surface area contributed by atoms with E-state index in [1.807, 2.05) is 0 Å². The molecule has 8 heteroatoms. The molecule has 1 heterocycles. The molecule has 2 amide bonds. The summed E-state index contributed by atoms with van der Waals surface area (Å²) in [7, 11) is 1.46. The zero-order valence-corrected chi connectivity index (χ0v) is 13.9. The summed E-state index contributed by atoms with van der Waals surface area (Å²) in [4.78, 5) is 25.3. The highest BCUT2D eigenvalue weighted by atomic mass is 19.4. The molecule has 1 aromatic carbocycles. The average molecular weight is 358 g/mol. The monoisotopic (exact) mass is 358 g/mol. The first-order valence-electron chi connectivity index (χ1n) is 8.00. The molecule has 1 saturated heterocycles. The lowest BCUT2D eigenvalue weighted by Crippen LogP contribution is -2.52. The quantitative estimate of drug-likeness (QED) is 0.861. The van der Waals surface area contributed by atoms with Gasteiger partial charge in [-0.25, -0.2) is 0 Å². The fourth-order valence-corrected chi connectivity index (χ4v) is 3.00. The fourth-order valence-electron chi connectivity index (χ4n) is 3.00. The van der Waals surface area contributed by atoms with Gasteiger partial charge in [0, 0.05) is 20.1 Å². The third kappa shape index (κ3) is 5.19. The molecule has 0 spiro atoms. The van der Waals surface area contributed by atoms with Crippen molar-refractivity contribution in [2.24, 2.45) is 0 Å². The molecule has 25 heavy (non-hydrogen) atoms. The Morgan fingerprint density at radius 3 is 2.72 bits per heavy atom. The number of halogens is 3. The molecule has 2 rings (SSSR count). The molecule has 0 aliphatic carbocycles. The summed E-state index contributed by atoms with van der Waals surface area (Å²) in [5.74, 6) is -0.691. The predicted octanol–water partition coefficient (Wildman–Crippen LogP) is 1.74. The number of β-amino-alcohol motifs (C(OH)–C–C–N with tert-alkyl or cyclic N) is 1. The van der Waals surface area contributed by atoms with Crippen LogP contribution in [0.2, 0.25) is 0 Å². The second-order valence-electron chi connectivity index (χ2n) is 6.37. The van der Waals surface area contributed by atoms with Crippen LogP contribution in [0.1, 0.15) is 30.4 Å². The lowest BCUT2D eigenvalue weighted by molar-refractivity contribution is -0.141. The van der Waals surface area contributed by atoms with E-state index in [0.29, 0.717) is 19.4 Å². The maximum absolute atomic E-state index is 12.8. The topological polar surface area (TPSA) is 69.6 Å². The van der Waals surface area contributed by atoms with Crippen LogP contribution in [0.15, 0.2) is 24.3 Å². The van der Waals surface area contributed by atoms with Gasteiger partial charge in [-0.2, -0.15) is 13.2 Å². The molecule has 1 aliphatic heterocycles. The summed E-state index contributed by atoms with van der Waals surface area (Å²) >= 11 is 0. The molecule has 0 radical (unpaired) electrons. The molecule has 1 atom stereocenters. The van der Waals surface area contributed by atoms with Gasteiger partial charge in [0.25, 0.3) is 0 Å². The molecule has 1 aliphatic rings. The highest BCUT2D eigenvalue weighted by molar-refractivity contribution is 5.80. The summed E-state index contributed by atoms with van der Waals surface area (Å²) in [5.41, 5.74) is -1.84. The smallest absolute Gasteiger partial charge is 0.388 e. The van der Waals surface area contributed by atoms with Crippen molar-refractivity contribution in [1.29, 1.82) is 0 Å². The minimum Gasteiger partial charge on any atom is -0.388 e. The fraction of sp³-hybridized carbons (Fsp3) is 0.529. The second kappa shape index (κ2) is 7.43. The maximum Gasteiger partial charge on any atom is 0.416 e. The van der Waals surface area contributed by atoms with Crippen LogP contribution in [0.5, 0.6) is 0 Å². The Kier molecular flexibility index (Phi) is 5.72. The van der Waals surface area contributed by atoms with Crippen molar-refractivity contribution < 1.29 is 27.9 Å². The Morgan fingerprint density at radius 1 is 1.36 bits per heavy atom. The van der Waals surface area contributed by atoms with Gasteiger partial charge < -0.3 is 15.3 Å².